The topological polar surface area (TPSA) is 12.0 Å². The maximum Gasteiger partial charge on any atom is 0.126 e. The first kappa shape index (κ1) is 15.1. The van der Waals surface area contributed by atoms with Gasteiger partial charge in [-0.15, -0.1) is 11.8 Å². The monoisotopic (exact) mass is 365 g/mol. The van der Waals surface area contributed by atoms with Gasteiger partial charge in [-0.05, 0) is 48.9 Å². The average Bonchev–Trinajstić information content (AvgIpc) is 2.92. The van der Waals surface area contributed by atoms with Gasteiger partial charge in [-0.2, -0.15) is 0 Å². The Balaban J connectivity index is 1.85. The standard InChI is InChI=1S/C17H17BrFNS/c1-20-16(9-11-8-12(18)6-7-15(11)19)14-10-21-17-5-3-2-4-13(14)17/h2-8,14,16,20H,9-10H2,1H3. The van der Waals surface area contributed by atoms with Crippen molar-refractivity contribution in [2.75, 3.05) is 12.8 Å². The predicted molar refractivity (Wildman–Crippen MR) is 90.6 cm³/mol. The molecule has 3 rings (SSSR count). The van der Waals surface area contributed by atoms with Crippen LogP contribution in [0.15, 0.2) is 51.8 Å². The molecule has 1 N–H and O–H groups in total. The fourth-order valence-electron chi connectivity index (χ4n) is 2.90. The molecule has 1 aliphatic heterocycles. The van der Waals surface area contributed by atoms with E-state index in [0.29, 0.717) is 12.3 Å². The van der Waals surface area contributed by atoms with E-state index in [9.17, 15) is 4.39 Å². The molecule has 0 aliphatic carbocycles. The Labute approximate surface area is 137 Å². The Morgan fingerprint density at radius 1 is 1.33 bits per heavy atom. The molecule has 1 heterocycles. The third kappa shape index (κ3) is 3.17. The summed E-state index contributed by atoms with van der Waals surface area (Å²) in [5.74, 6) is 1.35. The first-order valence-electron chi connectivity index (χ1n) is 7.02. The van der Waals surface area contributed by atoms with Crippen LogP contribution < -0.4 is 5.32 Å². The third-order valence-electron chi connectivity index (χ3n) is 4.04. The first-order chi connectivity index (χ1) is 10.2. The summed E-state index contributed by atoms with van der Waals surface area (Å²) in [7, 11) is 1.96. The lowest BCUT2D eigenvalue weighted by Gasteiger charge is -2.24. The fourth-order valence-corrected chi connectivity index (χ4v) is 4.64. The zero-order valence-electron chi connectivity index (χ0n) is 11.8. The number of fused-ring (bicyclic) bond motifs is 1. The zero-order chi connectivity index (χ0) is 14.8. The van der Waals surface area contributed by atoms with E-state index in [-0.39, 0.29) is 11.9 Å². The van der Waals surface area contributed by atoms with Gasteiger partial charge in [0.25, 0.3) is 0 Å². The summed E-state index contributed by atoms with van der Waals surface area (Å²) in [4.78, 5) is 1.36. The van der Waals surface area contributed by atoms with Crippen LogP contribution in [0.5, 0.6) is 0 Å². The molecule has 2 aromatic carbocycles. The molecule has 0 spiro atoms. The van der Waals surface area contributed by atoms with Gasteiger partial charge < -0.3 is 5.32 Å². The first-order valence-corrected chi connectivity index (χ1v) is 8.80. The number of rotatable bonds is 4. The van der Waals surface area contributed by atoms with Crippen molar-refractivity contribution in [2.24, 2.45) is 0 Å². The van der Waals surface area contributed by atoms with Crippen molar-refractivity contribution in [3.05, 3.63) is 63.9 Å². The van der Waals surface area contributed by atoms with Crippen molar-refractivity contribution in [1.29, 1.82) is 0 Å². The Hall–Kier alpha value is -0.840. The summed E-state index contributed by atoms with van der Waals surface area (Å²) in [6, 6.07) is 13.9. The molecule has 0 amide bonds. The highest BCUT2D eigenvalue weighted by Crippen LogP contribution is 2.41. The van der Waals surface area contributed by atoms with E-state index in [4.69, 9.17) is 0 Å². The molecule has 21 heavy (non-hydrogen) atoms. The average molecular weight is 366 g/mol. The van der Waals surface area contributed by atoms with Crippen LogP contribution in [0.3, 0.4) is 0 Å². The lowest BCUT2D eigenvalue weighted by molar-refractivity contribution is 0.477. The van der Waals surface area contributed by atoms with Gasteiger partial charge in [-0.1, -0.05) is 34.1 Å². The lowest BCUT2D eigenvalue weighted by Crippen LogP contribution is -2.34. The molecule has 2 atom stereocenters. The molecule has 0 saturated heterocycles. The van der Waals surface area contributed by atoms with Crippen molar-refractivity contribution < 1.29 is 4.39 Å². The Bertz CT molecular complexity index is 646. The van der Waals surface area contributed by atoms with Crippen molar-refractivity contribution in [1.82, 2.24) is 5.32 Å². The van der Waals surface area contributed by atoms with Gasteiger partial charge in [-0.25, -0.2) is 4.39 Å². The van der Waals surface area contributed by atoms with E-state index in [1.54, 1.807) is 6.07 Å². The fraction of sp³-hybridized carbons (Fsp3) is 0.294. The van der Waals surface area contributed by atoms with E-state index in [0.717, 1.165) is 15.8 Å². The molecule has 1 aliphatic rings. The van der Waals surface area contributed by atoms with E-state index < -0.39 is 0 Å². The third-order valence-corrected chi connectivity index (χ3v) is 5.74. The van der Waals surface area contributed by atoms with Gasteiger partial charge >= 0.3 is 0 Å². The lowest BCUT2D eigenvalue weighted by atomic mass is 9.89. The second-order valence-corrected chi connectivity index (χ2v) is 7.27. The van der Waals surface area contributed by atoms with Crippen LogP contribution >= 0.6 is 27.7 Å². The smallest absolute Gasteiger partial charge is 0.126 e. The highest BCUT2D eigenvalue weighted by atomic mass is 79.9. The van der Waals surface area contributed by atoms with Gasteiger partial charge in [0.15, 0.2) is 0 Å². The summed E-state index contributed by atoms with van der Waals surface area (Å²) in [5.41, 5.74) is 2.15. The van der Waals surface area contributed by atoms with Crippen molar-refractivity contribution in [3.8, 4) is 0 Å². The molecule has 2 unspecified atom stereocenters. The van der Waals surface area contributed by atoms with Crippen LogP contribution in [0.1, 0.15) is 17.0 Å². The Morgan fingerprint density at radius 2 is 2.14 bits per heavy atom. The summed E-state index contributed by atoms with van der Waals surface area (Å²) in [6.07, 6.45) is 0.696. The zero-order valence-corrected chi connectivity index (χ0v) is 14.2. The highest BCUT2D eigenvalue weighted by Gasteiger charge is 2.29. The van der Waals surface area contributed by atoms with Crippen LogP contribution in [0.25, 0.3) is 0 Å². The quantitative estimate of drug-likeness (QED) is 0.848. The molecule has 4 heteroatoms. The molecule has 0 saturated carbocycles. The van der Waals surface area contributed by atoms with E-state index in [1.165, 1.54) is 16.5 Å². The molecule has 1 nitrogen and oxygen atoms in total. The van der Waals surface area contributed by atoms with Crippen LogP contribution in [-0.4, -0.2) is 18.8 Å². The van der Waals surface area contributed by atoms with Gasteiger partial charge in [-0.3, -0.25) is 0 Å². The van der Waals surface area contributed by atoms with Crippen molar-refractivity contribution >= 4 is 27.7 Å². The van der Waals surface area contributed by atoms with E-state index in [2.05, 4.69) is 45.5 Å². The number of hydrogen-bond donors (Lipinski definition) is 1. The molecule has 0 bridgehead atoms. The van der Waals surface area contributed by atoms with Gasteiger partial charge in [0.2, 0.25) is 0 Å². The molecular weight excluding hydrogens is 349 g/mol. The van der Waals surface area contributed by atoms with Crippen molar-refractivity contribution in [2.45, 2.75) is 23.3 Å². The molecule has 0 aromatic heterocycles. The second-order valence-electron chi connectivity index (χ2n) is 5.29. The number of likely N-dealkylation sites (N-methyl/N-ethyl adjacent to an activating group) is 1. The molecular formula is C17H17BrFNS. The highest BCUT2D eigenvalue weighted by molar-refractivity contribution is 9.10. The minimum atomic E-state index is -0.127. The second kappa shape index (κ2) is 6.51. The van der Waals surface area contributed by atoms with Gasteiger partial charge in [0, 0.05) is 27.1 Å². The van der Waals surface area contributed by atoms with Crippen LogP contribution in [0, 0.1) is 5.82 Å². The summed E-state index contributed by atoms with van der Waals surface area (Å²) >= 11 is 5.32. The molecule has 110 valence electrons. The summed E-state index contributed by atoms with van der Waals surface area (Å²) in [6.45, 7) is 0. The van der Waals surface area contributed by atoms with Crippen LogP contribution in [-0.2, 0) is 6.42 Å². The van der Waals surface area contributed by atoms with Gasteiger partial charge in [0.1, 0.15) is 5.82 Å². The number of nitrogens with one attached hydrogen (secondary N) is 1. The normalized spacial score (nSPS) is 18.5. The number of thioether (sulfide) groups is 1. The Kier molecular flexibility index (Phi) is 4.67. The minimum absolute atomic E-state index is 0.127. The number of benzene rings is 2. The predicted octanol–water partition coefficient (Wildman–Crippen LogP) is 4.61. The number of hydrogen-bond acceptors (Lipinski definition) is 2. The SMILES string of the molecule is CNC(Cc1cc(Br)ccc1F)C1CSc2ccccc21. The molecule has 0 radical (unpaired) electrons. The Morgan fingerprint density at radius 3 is 2.95 bits per heavy atom. The maximum atomic E-state index is 14.0. The van der Waals surface area contributed by atoms with Crippen molar-refractivity contribution in [3.63, 3.8) is 0 Å². The summed E-state index contributed by atoms with van der Waals surface area (Å²) in [5, 5.41) is 3.38. The van der Waals surface area contributed by atoms with Crippen LogP contribution in [0.2, 0.25) is 0 Å². The maximum absolute atomic E-state index is 14.0. The number of halogens is 2. The summed E-state index contributed by atoms with van der Waals surface area (Å²) < 4.78 is 14.9. The van der Waals surface area contributed by atoms with Crippen LogP contribution in [0.4, 0.5) is 4.39 Å². The van der Waals surface area contributed by atoms with Gasteiger partial charge in [0.05, 0.1) is 0 Å². The van der Waals surface area contributed by atoms with E-state index in [1.807, 2.05) is 24.9 Å². The molecule has 0 fully saturated rings. The van der Waals surface area contributed by atoms with E-state index >= 15 is 0 Å². The minimum Gasteiger partial charge on any atom is -0.316 e. The molecule has 2 aromatic rings. The largest absolute Gasteiger partial charge is 0.316 e.